The number of nitrogens with zero attached hydrogens (tertiary/aromatic N) is 1. The molecule has 2 N–H and O–H groups in total. The van der Waals surface area contributed by atoms with Crippen LogP contribution in [0.3, 0.4) is 0 Å². The molecular formula is C13H15BrN2O2S. The molecule has 0 radical (unpaired) electrons. The van der Waals surface area contributed by atoms with Gasteiger partial charge in [0.25, 0.3) is 5.91 Å². The van der Waals surface area contributed by atoms with Gasteiger partial charge >= 0.3 is 0 Å². The summed E-state index contributed by atoms with van der Waals surface area (Å²) < 4.78 is 2.59. The van der Waals surface area contributed by atoms with Crippen molar-refractivity contribution in [3.05, 3.63) is 44.8 Å². The highest BCUT2D eigenvalue weighted by Gasteiger charge is 2.25. The number of carbonyl (C=O) groups excluding carboxylic acids is 1. The number of hydrogen-bond acceptors (Lipinski definition) is 3. The average Bonchev–Trinajstić information content (AvgIpc) is 2.96. The lowest BCUT2D eigenvalue weighted by molar-refractivity contribution is 0.0554. The van der Waals surface area contributed by atoms with Crippen molar-refractivity contribution >= 4 is 33.2 Å². The molecule has 2 aromatic heterocycles. The normalized spacial score (nSPS) is 14.1. The highest BCUT2D eigenvalue weighted by molar-refractivity contribution is 9.10. The molecule has 0 spiro atoms. The molecule has 4 nitrogen and oxygen atoms in total. The fourth-order valence-corrected chi connectivity index (χ4v) is 3.08. The monoisotopic (exact) mass is 342 g/mol. The molecule has 2 rings (SSSR count). The molecular weight excluding hydrogens is 328 g/mol. The predicted octanol–water partition coefficient (Wildman–Crippen LogP) is 2.49. The molecule has 0 bridgehead atoms. The van der Waals surface area contributed by atoms with Crippen molar-refractivity contribution in [2.24, 2.45) is 7.05 Å². The first-order chi connectivity index (χ1) is 8.90. The van der Waals surface area contributed by atoms with Gasteiger partial charge in [0.15, 0.2) is 0 Å². The summed E-state index contributed by atoms with van der Waals surface area (Å²) in [6.45, 7) is 1.87. The third-order valence-electron chi connectivity index (χ3n) is 2.85. The molecule has 0 saturated heterocycles. The van der Waals surface area contributed by atoms with Gasteiger partial charge in [0.05, 0.1) is 6.54 Å². The molecule has 102 valence electrons. The summed E-state index contributed by atoms with van der Waals surface area (Å²) in [7, 11) is 1.80. The van der Waals surface area contributed by atoms with Crippen molar-refractivity contribution in [1.29, 1.82) is 0 Å². The zero-order chi connectivity index (χ0) is 14.0. The first-order valence-electron chi connectivity index (χ1n) is 5.76. The predicted molar refractivity (Wildman–Crippen MR) is 79.3 cm³/mol. The molecule has 6 heteroatoms. The van der Waals surface area contributed by atoms with Crippen LogP contribution in [-0.2, 0) is 12.6 Å². The van der Waals surface area contributed by atoms with Crippen LogP contribution in [0.5, 0.6) is 0 Å². The van der Waals surface area contributed by atoms with Crippen molar-refractivity contribution in [2.45, 2.75) is 12.5 Å². The van der Waals surface area contributed by atoms with Gasteiger partial charge in [-0.1, -0.05) is 6.07 Å². The Kier molecular flexibility index (Phi) is 4.13. The van der Waals surface area contributed by atoms with Crippen molar-refractivity contribution in [1.82, 2.24) is 9.88 Å². The Bertz CT molecular complexity index is 575. The van der Waals surface area contributed by atoms with E-state index in [2.05, 4.69) is 21.2 Å². The number of nitrogens with one attached hydrogen (secondary N) is 1. The molecule has 1 amide bonds. The van der Waals surface area contributed by atoms with Crippen LogP contribution in [-0.4, -0.2) is 22.1 Å². The Morgan fingerprint density at radius 3 is 2.89 bits per heavy atom. The summed E-state index contributed by atoms with van der Waals surface area (Å²) in [5.74, 6) is -0.204. The van der Waals surface area contributed by atoms with Crippen molar-refractivity contribution < 1.29 is 9.90 Å². The van der Waals surface area contributed by atoms with Crippen LogP contribution in [0.15, 0.2) is 34.2 Å². The lowest BCUT2D eigenvalue weighted by atomic mass is 10.1. The number of aromatic nitrogens is 1. The van der Waals surface area contributed by atoms with Gasteiger partial charge in [0, 0.05) is 22.6 Å². The lowest BCUT2D eigenvalue weighted by Gasteiger charge is -2.22. The molecule has 1 atom stereocenters. The van der Waals surface area contributed by atoms with E-state index in [4.69, 9.17) is 0 Å². The zero-order valence-electron chi connectivity index (χ0n) is 10.7. The number of carbonyl (C=O) groups is 1. The average molecular weight is 343 g/mol. The number of aliphatic hydroxyl groups is 1. The summed E-state index contributed by atoms with van der Waals surface area (Å²) in [5, 5.41) is 15.0. The largest absolute Gasteiger partial charge is 0.383 e. The van der Waals surface area contributed by atoms with Crippen LogP contribution in [0, 0.1) is 0 Å². The minimum atomic E-state index is -1.05. The van der Waals surface area contributed by atoms with E-state index in [1.165, 1.54) is 11.3 Å². The van der Waals surface area contributed by atoms with Crippen molar-refractivity contribution in [3.8, 4) is 0 Å². The second-order valence-corrected chi connectivity index (χ2v) is 6.45. The smallest absolute Gasteiger partial charge is 0.268 e. The summed E-state index contributed by atoms with van der Waals surface area (Å²) in [6, 6.07) is 5.48. The molecule has 0 fully saturated rings. The minimum absolute atomic E-state index is 0.176. The van der Waals surface area contributed by atoms with Gasteiger partial charge in [-0.3, -0.25) is 4.79 Å². The van der Waals surface area contributed by atoms with Crippen molar-refractivity contribution in [3.63, 3.8) is 0 Å². The van der Waals surface area contributed by atoms with E-state index >= 15 is 0 Å². The maximum atomic E-state index is 12.0. The number of thiophene rings is 1. The van der Waals surface area contributed by atoms with Crippen LogP contribution in [0.2, 0.25) is 0 Å². The van der Waals surface area contributed by atoms with Gasteiger partial charge in [-0.15, -0.1) is 11.3 Å². The van der Waals surface area contributed by atoms with E-state index in [1.807, 2.05) is 23.7 Å². The fraction of sp³-hybridized carbons (Fsp3) is 0.308. The van der Waals surface area contributed by atoms with E-state index in [0.717, 1.165) is 9.35 Å². The van der Waals surface area contributed by atoms with Crippen molar-refractivity contribution in [2.75, 3.05) is 6.54 Å². The SMILES string of the molecule is Cn1cc(Br)cc1C(=O)NC[C@@](C)(O)c1cccs1. The van der Waals surface area contributed by atoms with Crippen LogP contribution >= 0.6 is 27.3 Å². The van der Waals surface area contributed by atoms with E-state index in [9.17, 15) is 9.90 Å². The number of hydrogen-bond donors (Lipinski definition) is 2. The highest BCUT2D eigenvalue weighted by Crippen LogP contribution is 2.24. The lowest BCUT2D eigenvalue weighted by Crippen LogP contribution is -2.38. The summed E-state index contributed by atoms with van der Waals surface area (Å²) in [6.07, 6.45) is 1.81. The third-order valence-corrected chi connectivity index (χ3v) is 4.41. The van der Waals surface area contributed by atoms with Gasteiger partial charge in [0.2, 0.25) is 0 Å². The molecule has 0 aliphatic carbocycles. The fourth-order valence-electron chi connectivity index (χ4n) is 1.77. The standard InChI is InChI=1S/C13H15BrN2O2S/c1-13(18,11-4-3-5-19-11)8-15-12(17)10-6-9(14)7-16(10)2/h3-7,18H,8H2,1-2H3,(H,15,17)/t13-/m1/s1. The number of aryl methyl sites for hydroxylation is 1. The van der Waals surface area contributed by atoms with Crippen LogP contribution < -0.4 is 5.32 Å². The van der Waals surface area contributed by atoms with Gasteiger partial charge in [-0.25, -0.2) is 0 Å². The molecule has 2 heterocycles. The van der Waals surface area contributed by atoms with Gasteiger partial charge in [-0.05, 0) is 40.4 Å². The van der Waals surface area contributed by atoms with Crippen LogP contribution in [0.25, 0.3) is 0 Å². The molecule has 0 unspecified atom stereocenters. The first-order valence-corrected chi connectivity index (χ1v) is 7.44. The first kappa shape index (κ1) is 14.3. The summed E-state index contributed by atoms with van der Waals surface area (Å²) >= 11 is 4.80. The Hall–Kier alpha value is -1.11. The molecule has 0 aliphatic rings. The van der Waals surface area contributed by atoms with Crippen LogP contribution in [0.1, 0.15) is 22.3 Å². The summed E-state index contributed by atoms with van der Waals surface area (Å²) in [5.41, 5.74) is -0.500. The van der Waals surface area contributed by atoms with Crippen LogP contribution in [0.4, 0.5) is 0 Å². The van der Waals surface area contributed by atoms with E-state index in [1.54, 1.807) is 24.6 Å². The maximum absolute atomic E-state index is 12.0. The zero-order valence-corrected chi connectivity index (χ0v) is 13.1. The van der Waals surface area contributed by atoms with E-state index in [0.29, 0.717) is 5.69 Å². The second-order valence-electron chi connectivity index (χ2n) is 4.59. The number of halogens is 1. The van der Waals surface area contributed by atoms with E-state index in [-0.39, 0.29) is 12.5 Å². The Balaban J connectivity index is 2.03. The molecule has 2 aromatic rings. The topological polar surface area (TPSA) is 54.3 Å². The number of rotatable bonds is 4. The van der Waals surface area contributed by atoms with E-state index < -0.39 is 5.60 Å². The molecule has 0 aromatic carbocycles. The Morgan fingerprint density at radius 1 is 1.63 bits per heavy atom. The quantitative estimate of drug-likeness (QED) is 0.896. The maximum Gasteiger partial charge on any atom is 0.268 e. The molecule has 0 saturated carbocycles. The third kappa shape index (κ3) is 3.26. The highest BCUT2D eigenvalue weighted by atomic mass is 79.9. The van der Waals surface area contributed by atoms with Gasteiger partial charge in [0.1, 0.15) is 11.3 Å². The van der Waals surface area contributed by atoms with Gasteiger partial charge in [-0.2, -0.15) is 0 Å². The molecule has 19 heavy (non-hydrogen) atoms. The number of amides is 1. The minimum Gasteiger partial charge on any atom is -0.383 e. The second kappa shape index (κ2) is 5.48. The molecule has 0 aliphatic heterocycles. The Labute approximate surface area is 124 Å². The summed E-state index contributed by atoms with van der Waals surface area (Å²) in [4.78, 5) is 12.9. The Morgan fingerprint density at radius 2 is 2.37 bits per heavy atom. The van der Waals surface area contributed by atoms with Gasteiger partial charge < -0.3 is 15.0 Å².